The van der Waals surface area contributed by atoms with Crippen molar-refractivity contribution in [2.75, 3.05) is 31.2 Å². The van der Waals surface area contributed by atoms with E-state index in [1.165, 1.54) is 0 Å². The number of aliphatic hydroxyl groups excluding tert-OH is 1. The largest absolute Gasteiger partial charge is 0.490 e. The zero-order valence-electron chi connectivity index (χ0n) is 11.0. The summed E-state index contributed by atoms with van der Waals surface area (Å²) in [6.45, 7) is 5.03. The summed E-state index contributed by atoms with van der Waals surface area (Å²) in [5, 5.41) is 9.16. The van der Waals surface area contributed by atoms with E-state index in [0.29, 0.717) is 12.5 Å². The van der Waals surface area contributed by atoms with Gasteiger partial charge >= 0.3 is 0 Å². The summed E-state index contributed by atoms with van der Waals surface area (Å²) in [4.78, 5) is 6.71. The van der Waals surface area contributed by atoms with Crippen LogP contribution in [-0.2, 0) is 0 Å². The van der Waals surface area contributed by atoms with Crippen molar-refractivity contribution in [2.45, 2.75) is 26.2 Å². The lowest BCUT2D eigenvalue weighted by atomic mass is 9.98. The van der Waals surface area contributed by atoms with Gasteiger partial charge in [0, 0.05) is 25.9 Å². The van der Waals surface area contributed by atoms with Gasteiger partial charge in [-0.1, -0.05) is 6.92 Å². The molecule has 0 amide bonds. The van der Waals surface area contributed by atoms with Crippen LogP contribution >= 0.6 is 0 Å². The van der Waals surface area contributed by atoms with Crippen molar-refractivity contribution in [1.82, 2.24) is 4.98 Å². The average Bonchev–Trinajstić information content (AvgIpc) is 2.45. The first kappa shape index (κ1) is 13.1. The molecule has 1 aliphatic heterocycles. The van der Waals surface area contributed by atoms with Crippen molar-refractivity contribution >= 4 is 5.82 Å². The lowest BCUT2D eigenvalue weighted by Gasteiger charge is -2.32. The highest BCUT2D eigenvalue weighted by Gasteiger charge is 2.21. The van der Waals surface area contributed by atoms with Gasteiger partial charge < -0.3 is 14.7 Å². The van der Waals surface area contributed by atoms with Gasteiger partial charge in [-0.05, 0) is 37.3 Å². The van der Waals surface area contributed by atoms with Crippen molar-refractivity contribution in [2.24, 2.45) is 5.92 Å². The predicted molar refractivity (Wildman–Crippen MR) is 72.0 cm³/mol. The number of aliphatic hydroxyl groups is 1. The Bertz CT molecular complexity index is 363. The topological polar surface area (TPSA) is 45.6 Å². The highest BCUT2D eigenvalue weighted by Crippen LogP contribution is 2.29. The first-order valence-electron chi connectivity index (χ1n) is 6.78. The molecule has 0 aliphatic carbocycles. The minimum atomic E-state index is 0.301. The van der Waals surface area contributed by atoms with Gasteiger partial charge in [0.25, 0.3) is 0 Å². The summed E-state index contributed by atoms with van der Waals surface area (Å²) in [7, 11) is 0. The smallest absolute Gasteiger partial charge is 0.171 e. The molecule has 4 heteroatoms. The van der Waals surface area contributed by atoms with Crippen LogP contribution in [0.1, 0.15) is 26.2 Å². The first-order valence-corrected chi connectivity index (χ1v) is 6.78. The second kappa shape index (κ2) is 6.59. The standard InChI is InChI=1S/C14H22N2O2/c1-2-10-18-13-4-3-7-15-14(13)16-8-5-12(11-17)6-9-16/h3-4,7,12,17H,2,5-6,8-11H2,1H3. The molecule has 0 saturated carbocycles. The van der Waals surface area contributed by atoms with Crippen LogP contribution < -0.4 is 9.64 Å². The summed E-state index contributed by atoms with van der Waals surface area (Å²) in [5.41, 5.74) is 0. The Morgan fingerprint density at radius 1 is 1.44 bits per heavy atom. The molecule has 1 aromatic heterocycles. The SMILES string of the molecule is CCCOc1cccnc1N1CCC(CO)CC1. The molecule has 1 N–H and O–H groups in total. The van der Waals surface area contributed by atoms with Gasteiger partial charge in [-0.15, -0.1) is 0 Å². The predicted octanol–water partition coefficient (Wildman–Crippen LogP) is 2.08. The van der Waals surface area contributed by atoms with Crippen LogP contribution in [-0.4, -0.2) is 36.4 Å². The van der Waals surface area contributed by atoms with Gasteiger partial charge in [0.15, 0.2) is 11.6 Å². The number of aromatic nitrogens is 1. The van der Waals surface area contributed by atoms with Crippen LogP contribution in [0.4, 0.5) is 5.82 Å². The zero-order chi connectivity index (χ0) is 12.8. The van der Waals surface area contributed by atoms with E-state index in [2.05, 4.69) is 16.8 Å². The van der Waals surface area contributed by atoms with Gasteiger partial charge in [0.2, 0.25) is 0 Å². The molecule has 1 aliphatic rings. The molecule has 0 aromatic carbocycles. The molecule has 0 bridgehead atoms. The summed E-state index contributed by atoms with van der Waals surface area (Å²) in [6, 6.07) is 3.89. The van der Waals surface area contributed by atoms with Crippen LogP contribution in [0.15, 0.2) is 18.3 Å². The molecule has 1 fully saturated rings. The molecule has 4 nitrogen and oxygen atoms in total. The molecule has 0 unspecified atom stereocenters. The number of nitrogens with zero attached hydrogens (tertiary/aromatic N) is 2. The Kier molecular flexibility index (Phi) is 4.81. The summed E-state index contributed by atoms with van der Waals surface area (Å²) >= 11 is 0. The lowest BCUT2D eigenvalue weighted by molar-refractivity contribution is 0.202. The molecule has 0 spiro atoms. The van der Waals surface area contributed by atoms with E-state index in [-0.39, 0.29) is 0 Å². The molecule has 1 aromatic rings. The van der Waals surface area contributed by atoms with Gasteiger partial charge in [0.1, 0.15) is 0 Å². The van der Waals surface area contributed by atoms with E-state index < -0.39 is 0 Å². The minimum absolute atomic E-state index is 0.301. The maximum atomic E-state index is 9.16. The van der Waals surface area contributed by atoms with Crippen molar-refractivity contribution in [3.05, 3.63) is 18.3 Å². The van der Waals surface area contributed by atoms with Crippen molar-refractivity contribution in [3.8, 4) is 5.75 Å². The van der Waals surface area contributed by atoms with Crippen LogP contribution in [0.5, 0.6) is 5.75 Å². The Morgan fingerprint density at radius 2 is 2.22 bits per heavy atom. The first-order chi connectivity index (χ1) is 8.85. The monoisotopic (exact) mass is 250 g/mol. The summed E-state index contributed by atoms with van der Waals surface area (Å²) in [5.74, 6) is 2.27. The van der Waals surface area contributed by atoms with Crippen molar-refractivity contribution in [3.63, 3.8) is 0 Å². The molecule has 0 radical (unpaired) electrons. The number of rotatable bonds is 5. The average molecular weight is 250 g/mol. The third kappa shape index (κ3) is 3.13. The number of ether oxygens (including phenoxy) is 1. The van der Waals surface area contributed by atoms with E-state index in [9.17, 15) is 0 Å². The molecule has 2 heterocycles. The number of hydrogen-bond donors (Lipinski definition) is 1. The Labute approximate surface area is 109 Å². The number of pyridine rings is 1. The third-order valence-corrected chi connectivity index (χ3v) is 3.38. The van der Waals surface area contributed by atoms with Gasteiger partial charge in [-0.3, -0.25) is 0 Å². The zero-order valence-corrected chi connectivity index (χ0v) is 11.0. The Balaban J connectivity index is 2.03. The highest BCUT2D eigenvalue weighted by atomic mass is 16.5. The lowest BCUT2D eigenvalue weighted by Crippen LogP contribution is -2.35. The molecule has 100 valence electrons. The maximum absolute atomic E-state index is 9.16. The van der Waals surface area contributed by atoms with E-state index in [1.807, 2.05) is 18.3 Å². The van der Waals surface area contributed by atoms with Crippen molar-refractivity contribution in [1.29, 1.82) is 0 Å². The molecule has 0 atom stereocenters. The van der Waals surface area contributed by atoms with Crippen LogP contribution in [0.2, 0.25) is 0 Å². The van der Waals surface area contributed by atoms with Crippen LogP contribution in [0.25, 0.3) is 0 Å². The number of anilines is 1. The minimum Gasteiger partial charge on any atom is -0.490 e. The van der Waals surface area contributed by atoms with E-state index in [1.54, 1.807) is 0 Å². The fourth-order valence-electron chi connectivity index (χ4n) is 2.27. The molecular formula is C14H22N2O2. The second-order valence-electron chi connectivity index (χ2n) is 4.79. The Hall–Kier alpha value is -1.29. The maximum Gasteiger partial charge on any atom is 0.171 e. The molecule has 18 heavy (non-hydrogen) atoms. The summed E-state index contributed by atoms with van der Waals surface area (Å²) in [6.07, 6.45) is 4.87. The number of piperidine rings is 1. The van der Waals surface area contributed by atoms with Gasteiger partial charge in [-0.2, -0.15) is 0 Å². The van der Waals surface area contributed by atoms with Gasteiger partial charge in [0.05, 0.1) is 6.61 Å². The van der Waals surface area contributed by atoms with Gasteiger partial charge in [-0.25, -0.2) is 4.98 Å². The molecular weight excluding hydrogens is 228 g/mol. The van der Waals surface area contributed by atoms with Crippen LogP contribution in [0, 0.1) is 5.92 Å². The third-order valence-electron chi connectivity index (χ3n) is 3.38. The normalized spacial score (nSPS) is 16.9. The summed E-state index contributed by atoms with van der Waals surface area (Å²) < 4.78 is 5.74. The Morgan fingerprint density at radius 3 is 2.89 bits per heavy atom. The van der Waals surface area contributed by atoms with E-state index >= 15 is 0 Å². The fraction of sp³-hybridized carbons (Fsp3) is 0.643. The fourth-order valence-corrected chi connectivity index (χ4v) is 2.27. The quantitative estimate of drug-likeness (QED) is 0.869. The molecule has 2 rings (SSSR count). The van der Waals surface area contributed by atoms with E-state index in [4.69, 9.17) is 9.84 Å². The second-order valence-corrected chi connectivity index (χ2v) is 4.79. The van der Waals surface area contributed by atoms with Crippen molar-refractivity contribution < 1.29 is 9.84 Å². The van der Waals surface area contributed by atoms with Crippen LogP contribution in [0.3, 0.4) is 0 Å². The van der Waals surface area contributed by atoms with E-state index in [0.717, 1.165) is 50.5 Å². The molecule has 1 saturated heterocycles. The highest BCUT2D eigenvalue weighted by molar-refractivity contribution is 5.52. The number of hydrogen-bond acceptors (Lipinski definition) is 4.